The van der Waals surface area contributed by atoms with Crippen molar-refractivity contribution in [3.63, 3.8) is 0 Å². The van der Waals surface area contributed by atoms with Crippen LogP contribution in [0.4, 0.5) is 5.82 Å². The number of nitrogens with one attached hydrogen (secondary N) is 2. The van der Waals surface area contributed by atoms with Gasteiger partial charge in [-0.2, -0.15) is 5.10 Å². The van der Waals surface area contributed by atoms with Gasteiger partial charge in [-0.25, -0.2) is 4.68 Å². The SMILES string of the molecule is CNC(=O)c1ccc(Cl)c(-c2ccc3c(c2)c(NC)nn3C(c2ccccc2)(c2ccccc2)c2ccccc2)c1. The number of nitrogens with zero attached hydrogens (tertiary/aromatic N) is 2. The summed E-state index contributed by atoms with van der Waals surface area (Å²) in [4.78, 5) is 12.4. The van der Waals surface area contributed by atoms with Crippen LogP contribution in [0.15, 0.2) is 127 Å². The third-order valence-corrected chi connectivity index (χ3v) is 7.91. The highest BCUT2D eigenvalue weighted by atomic mass is 35.5. The van der Waals surface area contributed by atoms with Crippen molar-refractivity contribution < 1.29 is 4.79 Å². The molecule has 1 aromatic heterocycles. The highest BCUT2D eigenvalue weighted by Crippen LogP contribution is 2.44. The predicted octanol–water partition coefficient (Wildman–Crippen LogP) is 7.60. The average Bonchev–Trinajstić information content (AvgIpc) is 3.41. The molecule has 41 heavy (non-hydrogen) atoms. The number of hydrogen-bond acceptors (Lipinski definition) is 3. The van der Waals surface area contributed by atoms with Crippen LogP contribution < -0.4 is 10.6 Å². The molecular weight excluding hydrogens is 528 g/mol. The van der Waals surface area contributed by atoms with Gasteiger partial charge in [0.05, 0.1) is 5.52 Å². The largest absolute Gasteiger partial charge is 0.371 e. The second-order valence-corrected chi connectivity index (χ2v) is 10.2. The van der Waals surface area contributed by atoms with Gasteiger partial charge in [-0.05, 0) is 52.6 Å². The van der Waals surface area contributed by atoms with Gasteiger partial charge < -0.3 is 10.6 Å². The lowest BCUT2D eigenvalue weighted by molar-refractivity contribution is 0.0963. The normalized spacial score (nSPS) is 11.4. The minimum Gasteiger partial charge on any atom is -0.371 e. The second kappa shape index (κ2) is 11.0. The topological polar surface area (TPSA) is 59.0 Å². The van der Waals surface area contributed by atoms with Crippen molar-refractivity contribution in [2.24, 2.45) is 0 Å². The van der Waals surface area contributed by atoms with Gasteiger partial charge in [-0.15, -0.1) is 0 Å². The van der Waals surface area contributed by atoms with Gasteiger partial charge in [0.1, 0.15) is 5.54 Å². The monoisotopic (exact) mass is 556 g/mol. The molecule has 0 unspecified atom stereocenters. The molecule has 6 aromatic rings. The van der Waals surface area contributed by atoms with Crippen LogP contribution in [0.2, 0.25) is 5.02 Å². The Bertz CT molecular complexity index is 1740. The van der Waals surface area contributed by atoms with Crippen molar-refractivity contribution >= 4 is 34.2 Å². The first-order valence-corrected chi connectivity index (χ1v) is 13.9. The summed E-state index contributed by atoms with van der Waals surface area (Å²) in [7, 11) is 3.50. The van der Waals surface area contributed by atoms with E-state index in [2.05, 4.69) is 100 Å². The summed E-state index contributed by atoms with van der Waals surface area (Å²) in [6.45, 7) is 0. The van der Waals surface area contributed by atoms with Gasteiger partial charge in [-0.3, -0.25) is 4.79 Å². The fraction of sp³-hybridized carbons (Fsp3) is 0.0857. The molecule has 5 nitrogen and oxygen atoms in total. The van der Waals surface area contributed by atoms with Gasteiger partial charge in [-0.1, -0.05) is 109 Å². The Labute approximate surface area is 244 Å². The summed E-state index contributed by atoms with van der Waals surface area (Å²) in [6.07, 6.45) is 0. The highest BCUT2D eigenvalue weighted by Gasteiger charge is 2.40. The number of hydrogen-bond donors (Lipinski definition) is 2. The van der Waals surface area contributed by atoms with Crippen LogP contribution in [0.5, 0.6) is 0 Å². The van der Waals surface area contributed by atoms with Crippen LogP contribution in [-0.2, 0) is 5.54 Å². The van der Waals surface area contributed by atoms with Crippen molar-refractivity contribution in [1.29, 1.82) is 0 Å². The van der Waals surface area contributed by atoms with Gasteiger partial charge in [0.25, 0.3) is 5.91 Å². The zero-order chi connectivity index (χ0) is 28.4. The maximum atomic E-state index is 12.4. The second-order valence-electron chi connectivity index (χ2n) is 9.82. The first kappa shape index (κ1) is 26.4. The van der Waals surface area contributed by atoms with E-state index in [0.717, 1.165) is 44.5 Å². The lowest BCUT2D eigenvalue weighted by atomic mass is 9.77. The predicted molar refractivity (Wildman–Crippen MR) is 168 cm³/mol. The van der Waals surface area contributed by atoms with Gasteiger partial charge in [0, 0.05) is 35.6 Å². The van der Waals surface area contributed by atoms with E-state index in [4.69, 9.17) is 16.7 Å². The summed E-state index contributed by atoms with van der Waals surface area (Å²) >= 11 is 6.65. The van der Waals surface area contributed by atoms with Crippen LogP contribution in [0.25, 0.3) is 22.0 Å². The number of carbonyl (C=O) groups excluding carboxylic acids is 1. The molecule has 0 aliphatic rings. The van der Waals surface area contributed by atoms with Crippen LogP contribution in [0.3, 0.4) is 0 Å². The smallest absolute Gasteiger partial charge is 0.251 e. The molecule has 2 N–H and O–H groups in total. The van der Waals surface area contributed by atoms with Crippen LogP contribution >= 0.6 is 11.6 Å². The van der Waals surface area contributed by atoms with E-state index < -0.39 is 5.54 Å². The molecule has 6 heteroatoms. The molecule has 0 aliphatic carbocycles. The Kier molecular flexibility index (Phi) is 7.04. The summed E-state index contributed by atoms with van der Waals surface area (Å²) in [6, 6.07) is 43.0. The molecule has 202 valence electrons. The Balaban J connectivity index is 1.67. The van der Waals surface area contributed by atoms with Crippen molar-refractivity contribution in [1.82, 2.24) is 15.1 Å². The number of carbonyl (C=O) groups is 1. The maximum Gasteiger partial charge on any atom is 0.251 e. The van der Waals surface area contributed by atoms with E-state index in [1.165, 1.54) is 0 Å². The first-order chi connectivity index (χ1) is 20.1. The van der Waals surface area contributed by atoms with Crippen molar-refractivity contribution in [2.45, 2.75) is 5.54 Å². The van der Waals surface area contributed by atoms with E-state index in [1.54, 1.807) is 19.2 Å². The summed E-state index contributed by atoms with van der Waals surface area (Å²) < 4.78 is 2.13. The number of aromatic nitrogens is 2. The molecule has 1 amide bonds. The van der Waals surface area contributed by atoms with Crippen molar-refractivity contribution in [3.05, 3.63) is 155 Å². The molecule has 0 radical (unpaired) electrons. The van der Waals surface area contributed by atoms with E-state index in [0.29, 0.717) is 10.6 Å². The number of fused-ring (bicyclic) bond motifs is 1. The summed E-state index contributed by atoms with van der Waals surface area (Å²) in [5, 5.41) is 12.8. The van der Waals surface area contributed by atoms with E-state index in [1.807, 2.05) is 37.4 Å². The van der Waals surface area contributed by atoms with Crippen molar-refractivity contribution in [2.75, 3.05) is 19.4 Å². The van der Waals surface area contributed by atoms with E-state index in [-0.39, 0.29) is 5.91 Å². The molecule has 0 aliphatic heterocycles. The molecule has 6 rings (SSSR count). The van der Waals surface area contributed by atoms with Gasteiger partial charge in [0.15, 0.2) is 5.82 Å². The molecule has 0 atom stereocenters. The molecule has 0 saturated carbocycles. The molecule has 0 fully saturated rings. The fourth-order valence-corrected chi connectivity index (χ4v) is 5.89. The molecule has 1 heterocycles. The van der Waals surface area contributed by atoms with E-state index in [9.17, 15) is 4.79 Å². The number of rotatable bonds is 7. The quantitative estimate of drug-likeness (QED) is 0.199. The lowest BCUT2D eigenvalue weighted by Crippen LogP contribution is -2.38. The van der Waals surface area contributed by atoms with Crippen LogP contribution in [0, 0.1) is 0 Å². The Morgan fingerprint density at radius 2 is 1.29 bits per heavy atom. The third-order valence-electron chi connectivity index (χ3n) is 7.58. The number of amides is 1. The third kappa shape index (κ3) is 4.45. The van der Waals surface area contributed by atoms with Gasteiger partial charge in [0.2, 0.25) is 0 Å². The Morgan fingerprint density at radius 1 is 0.732 bits per heavy atom. The maximum absolute atomic E-state index is 12.4. The minimum absolute atomic E-state index is 0.161. The molecule has 5 aromatic carbocycles. The molecular formula is C35H29ClN4O. The standard InChI is InChI=1S/C35H29ClN4O/c1-37-33-30-22-24(29-23-25(34(41)38-2)18-20-31(29)36)19-21-32(30)40(39-33)35(26-12-6-3-7-13-26,27-14-8-4-9-15-27)28-16-10-5-11-17-28/h3-23H,1-2H3,(H,37,39)(H,38,41). The zero-order valence-corrected chi connectivity index (χ0v) is 23.6. The lowest BCUT2D eigenvalue weighted by Gasteiger charge is -2.37. The van der Waals surface area contributed by atoms with Crippen LogP contribution in [-0.4, -0.2) is 29.8 Å². The zero-order valence-electron chi connectivity index (χ0n) is 22.8. The highest BCUT2D eigenvalue weighted by molar-refractivity contribution is 6.33. The van der Waals surface area contributed by atoms with Gasteiger partial charge >= 0.3 is 0 Å². The average molecular weight is 557 g/mol. The van der Waals surface area contributed by atoms with Crippen molar-refractivity contribution in [3.8, 4) is 11.1 Å². The Hall–Kier alpha value is -4.87. The molecule has 0 spiro atoms. The Morgan fingerprint density at radius 3 is 1.80 bits per heavy atom. The minimum atomic E-state index is -0.755. The summed E-state index contributed by atoms with van der Waals surface area (Å²) in [5.41, 5.74) is 5.70. The molecule has 0 saturated heterocycles. The van der Waals surface area contributed by atoms with Crippen LogP contribution in [0.1, 0.15) is 27.0 Å². The number of halogens is 1. The first-order valence-electron chi connectivity index (χ1n) is 13.5. The number of anilines is 1. The number of benzene rings is 5. The molecule has 0 bridgehead atoms. The fourth-order valence-electron chi connectivity index (χ4n) is 5.66. The van der Waals surface area contributed by atoms with E-state index >= 15 is 0 Å². The summed E-state index contributed by atoms with van der Waals surface area (Å²) in [5.74, 6) is 0.582.